The number of benzene rings is 1. The molecule has 0 aromatic heterocycles. The minimum Gasteiger partial charge on any atom is -0.378 e. The van der Waals surface area contributed by atoms with Crippen LogP contribution in [0, 0.1) is 13.8 Å². The van der Waals surface area contributed by atoms with Gasteiger partial charge in [-0.15, -0.1) is 0 Å². The lowest BCUT2D eigenvalue weighted by Gasteiger charge is -2.16. The first-order chi connectivity index (χ1) is 7.95. The van der Waals surface area contributed by atoms with Crippen molar-refractivity contribution >= 4 is 5.91 Å². The number of rotatable bonds is 4. The Kier molecular flexibility index (Phi) is 4.70. The van der Waals surface area contributed by atoms with Crippen molar-refractivity contribution in [2.45, 2.75) is 46.3 Å². The third kappa shape index (κ3) is 3.56. The van der Waals surface area contributed by atoms with Crippen molar-refractivity contribution in [1.29, 1.82) is 0 Å². The second kappa shape index (κ2) is 5.82. The molecule has 0 spiro atoms. The van der Waals surface area contributed by atoms with Gasteiger partial charge in [-0.25, -0.2) is 0 Å². The van der Waals surface area contributed by atoms with Crippen molar-refractivity contribution in [3.8, 4) is 0 Å². The molecule has 2 N–H and O–H groups in total. The Morgan fingerprint density at radius 1 is 1.35 bits per heavy atom. The van der Waals surface area contributed by atoms with Crippen molar-refractivity contribution < 1.29 is 9.90 Å². The van der Waals surface area contributed by atoms with Crippen LogP contribution in [0.1, 0.15) is 43.1 Å². The molecule has 1 aromatic rings. The monoisotopic (exact) mass is 235 g/mol. The molecule has 0 saturated heterocycles. The van der Waals surface area contributed by atoms with Crippen LogP contribution in [0.3, 0.4) is 0 Å². The van der Waals surface area contributed by atoms with Crippen molar-refractivity contribution in [2.75, 3.05) is 0 Å². The largest absolute Gasteiger partial charge is 0.378 e. The van der Waals surface area contributed by atoms with Crippen molar-refractivity contribution in [3.63, 3.8) is 0 Å². The third-order valence-corrected chi connectivity index (χ3v) is 3.10. The van der Waals surface area contributed by atoms with E-state index in [-0.39, 0.29) is 11.9 Å². The summed E-state index contributed by atoms with van der Waals surface area (Å²) < 4.78 is 0. The number of aliphatic hydroxyl groups excluding tert-OH is 1. The Morgan fingerprint density at radius 3 is 2.53 bits per heavy atom. The highest BCUT2D eigenvalue weighted by Crippen LogP contribution is 2.17. The quantitative estimate of drug-likeness (QED) is 0.841. The van der Waals surface area contributed by atoms with Crippen LogP contribution < -0.4 is 5.32 Å². The maximum atomic E-state index is 11.7. The Hall–Kier alpha value is -1.35. The summed E-state index contributed by atoms with van der Waals surface area (Å²) in [6, 6.07) is 5.66. The first-order valence-electron chi connectivity index (χ1n) is 6.01. The van der Waals surface area contributed by atoms with Crippen LogP contribution in [0.5, 0.6) is 0 Å². The smallest absolute Gasteiger partial charge is 0.253 e. The predicted octanol–water partition coefficient (Wildman–Crippen LogP) is 2.25. The summed E-state index contributed by atoms with van der Waals surface area (Å²) in [5, 5.41) is 12.7. The number of aliphatic hydroxyl groups is 1. The topological polar surface area (TPSA) is 49.3 Å². The molecule has 3 heteroatoms. The molecule has 0 aliphatic carbocycles. The number of carbonyl (C=O) groups excluding carboxylic acids is 1. The molecule has 0 fully saturated rings. The molecule has 1 rings (SSSR count). The van der Waals surface area contributed by atoms with E-state index >= 15 is 0 Å². The molecule has 2 unspecified atom stereocenters. The number of aryl methyl sites for hydroxylation is 2. The molecule has 1 aromatic carbocycles. The summed E-state index contributed by atoms with van der Waals surface area (Å²) in [5.41, 5.74) is 2.88. The van der Waals surface area contributed by atoms with Crippen LogP contribution in [0.4, 0.5) is 0 Å². The number of amides is 1. The van der Waals surface area contributed by atoms with E-state index in [0.29, 0.717) is 5.56 Å². The van der Waals surface area contributed by atoms with Gasteiger partial charge in [-0.3, -0.25) is 4.79 Å². The fourth-order valence-corrected chi connectivity index (χ4v) is 1.51. The number of hydrogen-bond donors (Lipinski definition) is 2. The van der Waals surface area contributed by atoms with Gasteiger partial charge in [-0.2, -0.15) is 0 Å². The number of nitrogens with one attached hydrogen (secondary N) is 1. The van der Waals surface area contributed by atoms with Crippen LogP contribution in [0.2, 0.25) is 0 Å². The Bertz CT molecular complexity index is 401. The van der Waals surface area contributed by atoms with Crippen molar-refractivity contribution in [1.82, 2.24) is 5.32 Å². The summed E-state index contributed by atoms with van der Waals surface area (Å²) in [4.78, 5) is 11.7. The normalized spacial score (nSPS) is 14.2. The van der Waals surface area contributed by atoms with E-state index in [1.165, 1.54) is 0 Å². The van der Waals surface area contributed by atoms with Crippen LogP contribution in [-0.4, -0.2) is 17.1 Å². The lowest BCUT2D eigenvalue weighted by atomic mass is 10.0. The molecule has 0 heterocycles. The second-order valence-corrected chi connectivity index (χ2v) is 4.56. The van der Waals surface area contributed by atoms with Gasteiger partial charge in [0.15, 0.2) is 6.10 Å². The highest BCUT2D eigenvalue weighted by atomic mass is 16.3. The molecule has 0 radical (unpaired) electrons. The SMILES string of the molecule is CCC(C)NC(=O)C(O)c1ccc(C)c(C)c1. The molecule has 0 aliphatic rings. The number of carbonyl (C=O) groups is 1. The summed E-state index contributed by atoms with van der Waals surface area (Å²) in [5.74, 6) is -0.331. The molecule has 0 saturated carbocycles. The average Bonchev–Trinajstić information content (AvgIpc) is 2.31. The highest BCUT2D eigenvalue weighted by molar-refractivity contribution is 5.82. The lowest BCUT2D eigenvalue weighted by Crippen LogP contribution is -2.35. The average molecular weight is 235 g/mol. The van der Waals surface area contributed by atoms with Gasteiger partial charge in [0.05, 0.1) is 0 Å². The van der Waals surface area contributed by atoms with E-state index in [1.54, 1.807) is 6.07 Å². The zero-order chi connectivity index (χ0) is 13.0. The van der Waals surface area contributed by atoms with Crippen molar-refractivity contribution in [3.05, 3.63) is 34.9 Å². The molecule has 17 heavy (non-hydrogen) atoms. The molecule has 0 aliphatic heterocycles. The van der Waals surface area contributed by atoms with E-state index in [4.69, 9.17) is 0 Å². The summed E-state index contributed by atoms with van der Waals surface area (Å²) in [6.45, 7) is 7.89. The van der Waals surface area contributed by atoms with E-state index in [9.17, 15) is 9.90 Å². The summed E-state index contributed by atoms with van der Waals surface area (Å²) in [7, 11) is 0. The van der Waals surface area contributed by atoms with Gasteiger partial charge < -0.3 is 10.4 Å². The predicted molar refractivity (Wildman–Crippen MR) is 68.8 cm³/mol. The van der Waals surface area contributed by atoms with E-state index in [0.717, 1.165) is 17.5 Å². The molecule has 2 atom stereocenters. The van der Waals surface area contributed by atoms with Gasteiger partial charge in [0.25, 0.3) is 5.91 Å². The van der Waals surface area contributed by atoms with Gasteiger partial charge in [0.2, 0.25) is 0 Å². The van der Waals surface area contributed by atoms with Crippen LogP contribution in [-0.2, 0) is 4.79 Å². The minimum absolute atomic E-state index is 0.0868. The van der Waals surface area contributed by atoms with Crippen LogP contribution >= 0.6 is 0 Å². The molecular weight excluding hydrogens is 214 g/mol. The van der Waals surface area contributed by atoms with Gasteiger partial charge in [-0.05, 0) is 43.9 Å². The van der Waals surface area contributed by atoms with Gasteiger partial charge in [-0.1, -0.05) is 25.1 Å². The van der Waals surface area contributed by atoms with Gasteiger partial charge in [0.1, 0.15) is 0 Å². The first-order valence-corrected chi connectivity index (χ1v) is 6.01. The number of hydrogen-bond acceptors (Lipinski definition) is 2. The Labute approximate surface area is 103 Å². The zero-order valence-corrected chi connectivity index (χ0v) is 10.9. The first kappa shape index (κ1) is 13.7. The van der Waals surface area contributed by atoms with E-state index in [2.05, 4.69) is 5.32 Å². The Balaban J connectivity index is 2.78. The molecular formula is C14H21NO2. The molecule has 94 valence electrons. The zero-order valence-electron chi connectivity index (χ0n) is 10.9. The van der Waals surface area contributed by atoms with Gasteiger partial charge >= 0.3 is 0 Å². The summed E-state index contributed by atoms with van der Waals surface area (Å²) in [6.07, 6.45) is -0.228. The molecule has 1 amide bonds. The third-order valence-electron chi connectivity index (χ3n) is 3.10. The summed E-state index contributed by atoms with van der Waals surface area (Å²) >= 11 is 0. The molecule has 3 nitrogen and oxygen atoms in total. The van der Waals surface area contributed by atoms with Crippen molar-refractivity contribution in [2.24, 2.45) is 0 Å². The molecule has 0 bridgehead atoms. The Morgan fingerprint density at radius 2 is 2.00 bits per heavy atom. The fourth-order valence-electron chi connectivity index (χ4n) is 1.51. The highest BCUT2D eigenvalue weighted by Gasteiger charge is 2.18. The standard InChI is InChI=1S/C14H21NO2/c1-5-11(4)15-14(17)13(16)12-7-6-9(2)10(3)8-12/h6-8,11,13,16H,5H2,1-4H3,(H,15,17). The van der Waals surface area contributed by atoms with E-state index < -0.39 is 6.10 Å². The maximum Gasteiger partial charge on any atom is 0.253 e. The maximum absolute atomic E-state index is 11.7. The minimum atomic E-state index is -1.08. The van der Waals surface area contributed by atoms with Gasteiger partial charge in [0, 0.05) is 6.04 Å². The fraction of sp³-hybridized carbons (Fsp3) is 0.500. The van der Waals surface area contributed by atoms with Crippen LogP contribution in [0.25, 0.3) is 0 Å². The van der Waals surface area contributed by atoms with Crippen LogP contribution in [0.15, 0.2) is 18.2 Å². The van der Waals surface area contributed by atoms with E-state index in [1.807, 2.05) is 39.8 Å². The lowest BCUT2D eigenvalue weighted by molar-refractivity contribution is -0.130. The second-order valence-electron chi connectivity index (χ2n) is 4.56.